The fourth-order valence-corrected chi connectivity index (χ4v) is 13.2. The van der Waals surface area contributed by atoms with Gasteiger partial charge in [0, 0.05) is 88.5 Å². The van der Waals surface area contributed by atoms with Gasteiger partial charge in [-0.05, 0) is 127 Å². The first-order valence-corrected chi connectivity index (χ1v) is 24.8. The maximum atomic E-state index is 14.0. The summed E-state index contributed by atoms with van der Waals surface area (Å²) >= 11 is 0. The molecule has 11 rings (SSSR count). The first-order chi connectivity index (χ1) is 34.1. The van der Waals surface area contributed by atoms with Crippen LogP contribution in [0, 0.1) is 0 Å². The fraction of sp³-hybridized carbons (Fsp3) is 0.328. The van der Waals surface area contributed by atoms with Crippen LogP contribution in [0.1, 0.15) is 119 Å². The monoisotopic (exact) mass is 978 g/mol. The van der Waals surface area contributed by atoms with Crippen LogP contribution in [0.15, 0.2) is 130 Å². The number of aromatic carboxylic acids is 1. The van der Waals surface area contributed by atoms with Crippen LogP contribution in [0.3, 0.4) is 0 Å². The fourth-order valence-electron chi connectivity index (χ4n) is 13.2. The van der Waals surface area contributed by atoms with Gasteiger partial charge in [-0.2, -0.15) is 9.15 Å². The van der Waals surface area contributed by atoms with Crippen molar-refractivity contribution in [2.75, 3.05) is 38.0 Å². The minimum atomic E-state index is -1.01. The molecule has 0 saturated carbocycles. The molecule has 0 spiro atoms. The average molecular weight is 979 g/mol. The summed E-state index contributed by atoms with van der Waals surface area (Å²) in [4.78, 5) is 48.6. The normalized spacial score (nSPS) is 23.2. The van der Waals surface area contributed by atoms with Crippen molar-refractivity contribution in [3.63, 3.8) is 0 Å². The number of rotatable bonds is 7. The number of carbonyl (C=O) groups excluding carboxylic acids is 2. The van der Waals surface area contributed by atoms with Crippen LogP contribution in [0.4, 0.5) is 22.7 Å². The molecule has 12 heteroatoms. The van der Waals surface area contributed by atoms with E-state index in [0.717, 1.165) is 84.5 Å². The molecule has 0 aromatic heterocycles. The number of ketones is 2. The number of carboxylic acid groups (broad SMARTS) is 1. The number of fused-ring (bicyclic) bond motifs is 7. The minimum Gasteiger partial charge on any atom is -0.506 e. The van der Waals surface area contributed by atoms with E-state index in [4.69, 9.17) is 5.26 Å². The molecule has 4 aliphatic heterocycles. The van der Waals surface area contributed by atoms with E-state index in [0.29, 0.717) is 0 Å². The van der Waals surface area contributed by atoms with Crippen LogP contribution >= 0.6 is 0 Å². The lowest BCUT2D eigenvalue weighted by molar-refractivity contribution is -0.401. The summed E-state index contributed by atoms with van der Waals surface area (Å²) in [5.74, 6) is -1.56. The predicted molar refractivity (Wildman–Crippen MR) is 284 cm³/mol. The number of hydrogen-bond donors (Lipinski definition) is 4. The van der Waals surface area contributed by atoms with E-state index < -0.39 is 27.6 Å². The molecule has 7 aliphatic rings. The topological polar surface area (TPSA) is 154 Å². The third kappa shape index (κ3) is 6.23. The standard InChI is InChI=1S/C61H60N4O8/c1-57(2)38-27-46-42(60(7,8)50(64(46)13)25-36-52(66)34(53(36)67)23-48-58(3,4)40-19-30(29-73-72)15-17-44(40)62(48)11)21-32(38)33-22-43-47(28-39(33)57)65(14)51(61(43,9)10)26-37-54(68)35(55(37)69)24-49-59(5,6)41-20-31(56(70)71)16-18-45(41)63(49)12/h15-28H,29H2,1-14H3,(H2-2,66,67,68,69,70,71,72)/p+2. The van der Waals surface area contributed by atoms with Crippen molar-refractivity contribution in [2.45, 2.75) is 103 Å². The second-order valence-electron chi connectivity index (χ2n) is 23.5. The maximum absolute atomic E-state index is 14.0. The average Bonchev–Trinajstić information content (AvgIpc) is 3.90. The van der Waals surface area contributed by atoms with Gasteiger partial charge in [-0.1, -0.05) is 41.5 Å². The zero-order chi connectivity index (χ0) is 52.7. The quantitative estimate of drug-likeness (QED) is 0.0609. The Hall–Kier alpha value is -7.41. The summed E-state index contributed by atoms with van der Waals surface area (Å²) in [5, 5.41) is 41.9. The number of Topliss-reactive ketones (excluding diaryl/α,β-unsaturated/α-hetero) is 2. The molecule has 4 aromatic rings. The van der Waals surface area contributed by atoms with Gasteiger partial charge >= 0.3 is 5.97 Å². The molecule has 73 heavy (non-hydrogen) atoms. The van der Waals surface area contributed by atoms with Crippen molar-refractivity contribution < 1.29 is 49.0 Å². The van der Waals surface area contributed by atoms with Crippen LogP contribution in [-0.2, 0) is 48.2 Å². The highest BCUT2D eigenvalue weighted by molar-refractivity contribution is 6.25. The van der Waals surface area contributed by atoms with E-state index in [2.05, 4.69) is 94.3 Å². The zero-order valence-corrected chi connectivity index (χ0v) is 44.0. The van der Waals surface area contributed by atoms with E-state index in [1.165, 1.54) is 11.1 Å². The van der Waals surface area contributed by atoms with Gasteiger partial charge in [0.2, 0.25) is 22.9 Å². The molecule has 0 fully saturated rings. The summed E-state index contributed by atoms with van der Waals surface area (Å²) in [5.41, 5.74) is 15.7. The molecule has 0 bridgehead atoms. The highest BCUT2D eigenvalue weighted by Crippen LogP contribution is 2.59. The summed E-state index contributed by atoms with van der Waals surface area (Å²) in [6.45, 7) is 21.4. The van der Waals surface area contributed by atoms with E-state index in [1.807, 2.05) is 81.5 Å². The molecular weight excluding hydrogens is 917 g/mol. The first-order valence-electron chi connectivity index (χ1n) is 24.8. The molecule has 4 N–H and O–H groups in total. The number of nitrogens with zero attached hydrogens (tertiary/aromatic N) is 4. The Kier molecular flexibility index (Phi) is 9.89. The Morgan fingerprint density at radius 2 is 0.986 bits per heavy atom. The molecule has 4 heterocycles. The van der Waals surface area contributed by atoms with E-state index in [-0.39, 0.29) is 63.0 Å². The van der Waals surface area contributed by atoms with Crippen molar-refractivity contribution in [1.82, 2.24) is 0 Å². The number of aliphatic hydroxyl groups is 2. The second-order valence-corrected chi connectivity index (χ2v) is 23.5. The van der Waals surface area contributed by atoms with E-state index >= 15 is 0 Å². The number of likely N-dealkylation sites (N-methyl/N-ethyl adjacent to an activating group) is 2. The van der Waals surface area contributed by atoms with Crippen LogP contribution in [0.2, 0.25) is 0 Å². The number of aliphatic hydroxyl groups excluding tert-OH is 2. The van der Waals surface area contributed by atoms with E-state index in [9.17, 15) is 29.7 Å². The molecule has 0 amide bonds. The number of allylic oxidation sites excluding steroid dienone is 10. The highest BCUT2D eigenvalue weighted by atomic mass is 17.1. The number of hydrogen-bond acceptors (Lipinski definition) is 9. The first kappa shape index (κ1) is 47.9. The molecule has 3 aliphatic carbocycles. The largest absolute Gasteiger partial charge is 0.506 e. The lowest BCUT2D eigenvalue weighted by Gasteiger charge is -2.27. The summed E-state index contributed by atoms with van der Waals surface area (Å²) < 4.78 is 4.00. The summed E-state index contributed by atoms with van der Waals surface area (Å²) in [6.07, 6.45) is 7.23. The van der Waals surface area contributed by atoms with E-state index in [1.54, 1.807) is 30.4 Å². The van der Waals surface area contributed by atoms with Crippen LogP contribution < -0.4 is 9.80 Å². The van der Waals surface area contributed by atoms with Gasteiger partial charge in [-0.25, -0.2) is 9.68 Å². The number of anilines is 2. The van der Waals surface area contributed by atoms with Crippen molar-refractivity contribution in [3.05, 3.63) is 175 Å². The smallest absolute Gasteiger partial charge is 0.335 e. The predicted octanol–water partition coefficient (Wildman–Crippen LogP) is 11.0. The van der Waals surface area contributed by atoms with Crippen molar-refractivity contribution in [1.29, 1.82) is 0 Å². The molecule has 0 saturated heterocycles. The summed E-state index contributed by atoms with van der Waals surface area (Å²) in [6, 6.07) is 20.1. The number of carbonyl (C=O) groups is 3. The number of benzene rings is 4. The van der Waals surface area contributed by atoms with Crippen LogP contribution in [0.25, 0.3) is 11.1 Å². The molecule has 0 atom stereocenters. The molecule has 12 nitrogen and oxygen atoms in total. The number of carboxylic acids is 1. The Morgan fingerprint density at radius 1 is 0.562 bits per heavy atom. The third-order valence-corrected chi connectivity index (χ3v) is 17.7. The van der Waals surface area contributed by atoms with Crippen LogP contribution in [0.5, 0.6) is 0 Å². The van der Waals surface area contributed by atoms with Crippen molar-refractivity contribution >= 4 is 51.7 Å². The molecule has 0 unspecified atom stereocenters. The lowest BCUT2D eigenvalue weighted by atomic mass is 9.77. The molecular formula is C61H62N4O8+2. The van der Waals surface area contributed by atoms with Gasteiger partial charge < -0.3 is 25.1 Å². The van der Waals surface area contributed by atoms with Gasteiger partial charge in [0.05, 0.1) is 38.7 Å². The molecule has 0 radical (unpaired) electrons. The Labute approximate surface area is 425 Å². The minimum absolute atomic E-state index is 0.0255. The van der Waals surface area contributed by atoms with Crippen molar-refractivity contribution in [2.24, 2.45) is 0 Å². The van der Waals surface area contributed by atoms with Gasteiger partial charge in [-0.15, -0.1) is 0 Å². The molecule has 372 valence electrons. The molecule has 4 aromatic carbocycles. The Balaban J connectivity index is 0.903. The lowest BCUT2D eigenvalue weighted by Crippen LogP contribution is -2.31. The Bertz CT molecular complexity index is 3630. The van der Waals surface area contributed by atoms with Crippen molar-refractivity contribution in [3.8, 4) is 11.1 Å². The van der Waals surface area contributed by atoms with Gasteiger partial charge in [0.25, 0.3) is 0 Å². The van der Waals surface area contributed by atoms with Gasteiger partial charge in [0.1, 0.15) is 32.2 Å². The van der Waals surface area contributed by atoms with Crippen LogP contribution in [-0.4, -0.2) is 86.9 Å². The Morgan fingerprint density at radius 3 is 1.40 bits per heavy atom. The second kappa shape index (κ2) is 15.1. The summed E-state index contributed by atoms with van der Waals surface area (Å²) in [7, 11) is 7.89. The SMILES string of the molecule is CN1/C(=C\C2=C(O)C(=CC3=[N+](C)c4ccc(COO)cc4C3(C)C)C2=O)C(C)(C)c2cc3c(cc21)C(C)(C)c1cc2c(cc1-3)C(C)(C)/C(=C/C1=C(O)C(=CC3=[N+](C)c4ccc(C(=O)O)cc4C3(C)C)C1=O)N2C. The van der Waals surface area contributed by atoms with Gasteiger partial charge in [0.15, 0.2) is 11.4 Å². The zero-order valence-electron chi connectivity index (χ0n) is 44.0. The third-order valence-electron chi connectivity index (χ3n) is 17.7. The van der Waals surface area contributed by atoms with Gasteiger partial charge in [-0.3, -0.25) is 14.8 Å². The maximum Gasteiger partial charge on any atom is 0.335 e. The highest BCUT2D eigenvalue weighted by Gasteiger charge is 2.51.